The minimum absolute atomic E-state index is 0.868. The highest BCUT2D eigenvalue weighted by atomic mass is 32.1. The van der Waals surface area contributed by atoms with Gasteiger partial charge >= 0.3 is 0 Å². The highest BCUT2D eigenvalue weighted by Crippen LogP contribution is 2.46. The van der Waals surface area contributed by atoms with Crippen LogP contribution in [0.3, 0.4) is 0 Å². The standard InChI is InChI=1S/C46H27NO2S/c1-2-8-28(9-3-1)29-14-17-31(18-15-29)47(33-19-22-36-35-12-6-7-13-40(35)48-41(36)27-33)32-20-24-42-39(26-32)44-43(50-42)25-23-38-37-21-16-30-10-4-5-11-34(30)45(37)49-46(38)44/h1-27H. The molecule has 0 aliphatic heterocycles. The quantitative estimate of drug-likeness (QED) is 0.189. The molecule has 0 unspecified atom stereocenters. The molecular weight excluding hydrogens is 631 g/mol. The second-order valence-electron chi connectivity index (χ2n) is 12.9. The zero-order valence-electron chi connectivity index (χ0n) is 26.8. The van der Waals surface area contributed by atoms with E-state index in [0.29, 0.717) is 0 Å². The maximum atomic E-state index is 6.83. The van der Waals surface area contributed by atoms with Crippen molar-refractivity contribution in [1.82, 2.24) is 0 Å². The van der Waals surface area contributed by atoms with Gasteiger partial charge in [0.15, 0.2) is 0 Å². The van der Waals surface area contributed by atoms with Crippen molar-refractivity contribution in [2.75, 3.05) is 4.90 Å². The van der Waals surface area contributed by atoms with E-state index >= 15 is 0 Å². The van der Waals surface area contributed by atoms with Crippen LogP contribution in [0.2, 0.25) is 0 Å². The fourth-order valence-corrected chi connectivity index (χ4v) is 8.77. The van der Waals surface area contributed by atoms with Gasteiger partial charge < -0.3 is 13.7 Å². The molecule has 234 valence electrons. The van der Waals surface area contributed by atoms with Crippen LogP contribution < -0.4 is 4.90 Å². The lowest BCUT2D eigenvalue weighted by Crippen LogP contribution is -2.09. The first-order valence-corrected chi connectivity index (χ1v) is 17.6. The molecule has 4 heteroatoms. The van der Waals surface area contributed by atoms with E-state index in [1.54, 1.807) is 0 Å². The Morgan fingerprint density at radius 3 is 1.92 bits per heavy atom. The smallest absolute Gasteiger partial charge is 0.144 e. The molecule has 11 aromatic rings. The van der Waals surface area contributed by atoms with Gasteiger partial charge in [0.1, 0.15) is 22.3 Å². The van der Waals surface area contributed by atoms with Crippen LogP contribution in [0.5, 0.6) is 0 Å². The van der Waals surface area contributed by atoms with Crippen LogP contribution in [-0.4, -0.2) is 0 Å². The van der Waals surface area contributed by atoms with Crippen LogP contribution in [0.25, 0.3) is 85.9 Å². The van der Waals surface area contributed by atoms with Gasteiger partial charge in [0, 0.05) is 70.2 Å². The molecule has 0 amide bonds. The van der Waals surface area contributed by atoms with Crippen LogP contribution in [0.4, 0.5) is 17.1 Å². The molecule has 0 bridgehead atoms. The molecule has 0 fully saturated rings. The van der Waals surface area contributed by atoms with Crippen LogP contribution in [0.1, 0.15) is 0 Å². The molecule has 0 aliphatic rings. The number of thiophene rings is 1. The fourth-order valence-electron chi connectivity index (χ4n) is 7.68. The van der Waals surface area contributed by atoms with Gasteiger partial charge in [-0.25, -0.2) is 0 Å². The largest absolute Gasteiger partial charge is 0.456 e. The van der Waals surface area contributed by atoms with Crippen molar-refractivity contribution in [3.8, 4) is 11.1 Å². The highest BCUT2D eigenvalue weighted by Gasteiger charge is 2.20. The highest BCUT2D eigenvalue weighted by molar-refractivity contribution is 7.26. The number of furan rings is 2. The van der Waals surface area contributed by atoms with Crippen LogP contribution >= 0.6 is 11.3 Å². The molecule has 0 saturated carbocycles. The van der Waals surface area contributed by atoms with E-state index in [9.17, 15) is 0 Å². The van der Waals surface area contributed by atoms with Crippen molar-refractivity contribution in [1.29, 1.82) is 0 Å². The summed E-state index contributed by atoms with van der Waals surface area (Å²) in [5.41, 5.74) is 9.20. The molecule has 11 rings (SSSR count). The zero-order chi connectivity index (χ0) is 32.8. The van der Waals surface area contributed by atoms with E-state index in [1.807, 2.05) is 23.5 Å². The predicted molar refractivity (Wildman–Crippen MR) is 212 cm³/mol. The maximum absolute atomic E-state index is 6.83. The second kappa shape index (κ2) is 10.6. The number of anilines is 3. The van der Waals surface area contributed by atoms with Crippen molar-refractivity contribution in [3.05, 3.63) is 164 Å². The van der Waals surface area contributed by atoms with Gasteiger partial charge in [-0.2, -0.15) is 0 Å². The van der Waals surface area contributed by atoms with Gasteiger partial charge in [0.2, 0.25) is 0 Å². The molecule has 3 heterocycles. The summed E-state index contributed by atoms with van der Waals surface area (Å²) in [4.78, 5) is 2.33. The fraction of sp³-hybridized carbons (Fsp3) is 0. The van der Waals surface area contributed by atoms with Crippen LogP contribution in [0, 0.1) is 0 Å². The molecule has 0 N–H and O–H groups in total. The van der Waals surface area contributed by atoms with Gasteiger partial charge in [0.25, 0.3) is 0 Å². The van der Waals surface area contributed by atoms with Gasteiger partial charge in [-0.15, -0.1) is 11.3 Å². The maximum Gasteiger partial charge on any atom is 0.144 e. The first-order valence-electron chi connectivity index (χ1n) is 16.8. The molecule has 50 heavy (non-hydrogen) atoms. The van der Waals surface area contributed by atoms with E-state index in [2.05, 4.69) is 157 Å². The zero-order valence-corrected chi connectivity index (χ0v) is 27.6. The Hall–Kier alpha value is -6.36. The summed E-state index contributed by atoms with van der Waals surface area (Å²) in [5.74, 6) is 0. The topological polar surface area (TPSA) is 29.5 Å². The Bertz CT molecular complexity index is 3090. The summed E-state index contributed by atoms with van der Waals surface area (Å²) in [7, 11) is 0. The van der Waals surface area contributed by atoms with Gasteiger partial charge in [-0.05, 0) is 83.2 Å². The Labute approximate surface area is 290 Å². The number of para-hydroxylation sites is 1. The van der Waals surface area contributed by atoms with Crippen LogP contribution in [-0.2, 0) is 0 Å². The van der Waals surface area contributed by atoms with E-state index < -0.39 is 0 Å². The van der Waals surface area contributed by atoms with E-state index in [1.165, 1.54) is 31.3 Å². The molecule has 0 spiro atoms. The van der Waals surface area contributed by atoms with E-state index in [4.69, 9.17) is 8.83 Å². The monoisotopic (exact) mass is 657 g/mol. The lowest BCUT2D eigenvalue weighted by atomic mass is 10.0. The van der Waals surface area contributed by atoms with Gasteiger partial charge in [-0.1, -0.05) is 91.0 Å². The number of fused-ring (bicyclic) bond motifs is 12. The number of rotatable bonds is 4. The lowest BCUT2D eigenvalue weighted by molar-refractivity contribution is 0.669. The molecule has 3 aromatic heterocycles. The summed E-state index contributed by atoms with van der Waals surface area (Å²) in [5, 5.41) is 9.21. The van der Waals surface area contributed by atoms with Gasteiger partial charge in [0.05, 0.1) is 0 Å². The van der Waals surface area contributed by atoms with Crippen molar-refractivity contribution < 1.29 is 8.83 Å². The summed E-state index contributed by atoms with van der Waals surface area (Å²) in [6.07, 6.45) is 0. The third kappa shape index (κ3) is 4.09. The SMILES string of the molecule is c1ccc(-c2ccc(N(c3ccc4c(c3)oc3ccccc34)c3ccc4sc5ccc6c7ccc8ccccc8c7oc6c5c4c3)cc2)cc1. The predicted octanol–water partition coefficient (Wildman–Crippen LogP) is 14.1. The van der Waals surface area contributed by atoms with Crippen LogP contribution in [0.15, 0.2) is 173 Å². The number of benzene rings is 8. The minimum Gasteiger partial charge on any atom is -0.456 e. The number of hydrogen-bond acceptors (Lipinski definition) is 4. The van der Waals surface area contributed by atoms with Crippen molar-refractivity contribution in [2.24, 2.45) is 0 Å². The number of hydrogen-bond donors (Lipinski definition) is 0. The molecule has 3 nitrogen and oxygen atoms in total. The molecule has 0 radical (unpaired) electrons. The summed E-state index contributed by atoms with van der Waals surface area (Å²) in [6.45, 7) is 0. The Morgan fingerprint density at radius 2 is 1.02 bits per heavy atom. The lowest BCUT2D eigenvalue weighted by Gasteiger charge is -2.26. The first-order chi connectivity index (χ1) is 24.8. The third-order valence-electron chi connectivity index (χ3n) is 10.1. The van der Waals surface area contributed by atoms with E-state index in [0.717, 1.165) is 71.7 Å². The Balaban J connectivity index is 1.14. The normalized spacial score (nSPS) is 12.0. The summed E-state index contributed by atoms with van der Waals surface area (Å²) < 4.78 is 15.7. The van der Waals surface area contributed by atoms with Crippen molar-refractivity contribution in [2.45, 2.75) is 0 Å². The average molecular weight is 658 g/mol. The molecular formula is C46H27NO2S. The number of nitrogens with zero attached hydrogens (tertiary/aromatic N) is 1. The van der Waals surface area contributed by atoms with Gasteiger partial charge in [-0.3, -0.25) is 0 Å². The van der Waals surface area contributed by atoms with Crippen molar-refractivity contribution >= 4 is 103 Å². The molecule has 8 aromatic carbocycles. The van der Waals surface area contributed by atoms with E-state index in [-0.39, 0.29) is 0 Å². The molecule has 0 atom stereocenters. The summed E-state index contributed by atoms with van der Waals surface area (Å²) >= 11 is 1.81. The second-order valence-corrected chi connectivity index (χ2v) is 14.0. The first kappa shape index (κ1) is 27.6. The molecule has 0 aliphatic carbocycles. The summed E-state index contributed by atoms with van der Waals surface area (Å²) in [6, 6.07) is 58.3. The Kier molecular flexibility index (Phi) is 5.83. The van der Waals surface area contributed by atoms with Crippen molar-refractivity contribution in [3.63, 3.8) is 0 Å². The third-order valence-corrected chi connectivity index (χ3v) is 11.2. The minimum atomic E-state index is 0.868. The Morgan fingerprint density at radius 1 is 0.380 bits per heavy atom. The average Bonchev–Trinajstić information content (AvgIpc) is 3.86. The molecule has 0 saturated heterocycles.